The summed E-state index contributed by atoms with van der Waals surface area (Å²) in [4.78, 5) is 4.16. The van der Waals surface area contributed by atoms with E-state index in [9.17, 15) is 0 Å². The van der Waals surface area contributed by atoms with Crippen molar-refractivity contribution in [1.29, 1.82) is 0 Å². The van der Waals surface area contributed by atoms with E-state index in [4.69, 9.17) is 0 Å². The number of hydrogen-bond acceptors (Lipinski definition) is 3. The molecule has 0 saturated heterocycles. The fourth-order valence-corrected chi connectivity index (χ4v) is 1.23. The summed E-state index contributed by atoms with van der Waals surface area (Å²) in [6, 6.07) is 0. The van der Waals surface area contributed by atoms with Crippen molar-refractivity contribution in [2.24, 2.45) is 4.99 Å². The summed E-state index contributed by atoms with van der Waals surface area (Å²) in [5, 5.41) is 1.89. The van der Waals surface area contributed by atoms with Gasteiger partial charge in [0.1, 0.15) is 5.82 Å². The van der Waals surface area contributed by atoms with Gasteiger partial charge in [-0.25, -0.2) is 10.4 Å². The van der Waals surface area contributed by atoms with Crippen LogP contribution in [0.3, 0.4) is 0 Å². The molecule has 0 unspecified atom stereocenters. The van der Waals surface area contributed by atoms with Crippen molar-refractivity contribution >= 4 is 22.1 Å². The van der Waals surface area contributed by atoms with Crippen molar-refractivity contribution < 1.29 is 0 Å². The van der Waals surface area contributed by atoms with Crippen molar-refractivity contribution in [3.8, 4) is 0 Å². The highest BCUT2D eigenvalue weighted by Crippen LogP contribution is 2.17. The Kier molecular flexibility index (Phi) is 1.35. The highest BCUT2D eigenvalue weighted by Gasteiger charge is 2.13. The lowest BCUT2D eigenvalue weighted by molar-refractivity contribution is 0.383. The molecule has 0 saturated carbocycles. The molecular weight excluding hydrogens is 194 g/mol. The summed E-state index contributed by atoms with van der Waals surface area (Å²) in [7, 11) is 0. The van der Waals surface area contributed by atoms with E-state index in [1.165, 1.54) is 0 Å². The number of allylic oxidation sites excluding steroid dienone is 1. The monoisotopic (exact) mass is 199 g/mol. The molecule has 2 rings (SSSR count). The molecule has 2 heterocycles. The molecule has 0 aromatic carbocycles. The van der Waals surface area contributed by atoms with E-state index in [1.54, 1.807) is 6.21 Å². The molecule has 0 spiro atoms. The third-order valence-corrected chi connectivity index (χ3v) is 1.78. The topological polar surface area (TPSA) is 27.6 Å². The number of nitrogens with one attached hydrogen (secondary N) is 1. The van der Waals surface area contributed by atoms with E-state index in [0.29, 0.717) is 0 Å². The molecular formula is C6H6BrN3. The fourth-order valence-electron chi connectivity index (χ4n) is 0.926. The second-order valence-corrected chi connectivity index (χ2v) is 2.98. The van der Waals surface area contributed by atoms with Crippen molar-refractivity contribution in [2.45, 2.75) is 0 Å². The standard InChI is InChI=1S/C6H6BrN3/c7-5-3-8-6-1-2-9-10(6)4-5/h1,3-4,9H,2H2. The first-order chi connectivity index (χ1) is 4.86. The zero-order valence-corrected chi connectivity index (χ0v) is 6.80. The van der Waals surface area contributed by atoms with Gasteiger partial charge in [0.05, 0.1) is 4.48 Å². The number of hydrazine groups is 1. The Balaban J connectivity index is 2.32. The van der Waals surface area contributed by atoms with Gasteiger partial charge in [0.15, 0.2) is 0 Å². The maximum atomic E-state index is 4.16. The Bertz CT molecular complexity index is 241. The molecule has 0 radical (unpaired) electrons. The molecule has 10 heavy (non-hydrogen) atoms. The first-order valence-electron chi connectivity index (χ1n) is 3.00. The van der Waals surface area contributed by atoms with E-state index >= 15 is 0 Å². The van der Waals surface area contributed by atoms with E-state index in [0.717, 1.165) is 16.8 Å². The zero-order chi connectivity index (χ0) is 6.97. The second kappa shape index (κ2) is 2.21. The summed E-state index contributed by atoms with van der Waals surface area (Å²) >= 11 is 3.33. The largest absolute Gasteiger partial charge is 0.266 e. The van der Waals surface area contributed by atoms with Crippen LogP contribution in [-0.2, 0) is 0 Å². The van der Waals surface area contributed by atoms with Gasteiger partial charge in [0.2, 0.25) is 0 Å². The van der Waals surface area contributed by atoms with Gasteiger partial charge in [0, 0.05) is 19.0 Å². The number of fused-ring (bicyclic) bond motifs is 1. The van der Waals surface area contributed by atoms with Crippen LogP contribution in [0.1, 0.15) is 0 Å². The summed E-state index contributed by atoms with van der Waals surface area (Å²) in [5.74, 6) is 0.975. The predicted molar refractivity (Wildman–Crippen MR) is 43.4 cm³/mol. The summed E-state index contributed by atoms with van der Waals surface area (Å²) in [6.45, 7) is 0.865. The average molecular weight is 200 g/mol. The van der Waals surface area contributed by atoms with Gasteiger partial charge in [-0.15, -0.1) is 0 Å². The molecule has 0 aromatic rings. The molecule has 3 nitrogen and oxygen atoms in total. The summed E-state index contributed by atoms with van der Waals surface area (Å²) in [5.41, 5.74) is 3.11. The third kappa shape index (κ3) is 0.892. The lowest BCUT2D eigenvalue weighted by atomic mass is 10.5. The van der Waals surface area contributed by atoms with Crippen LogP contribution in [0.5, 0.6) is 0 Å². The molecule has 2 aliphatic heterocycles. The van der Waals surface area contributed by atoms with Crippen molar-refractivity contribution in [1.82, 2.24) is 10.4 Å². The summed E-state index contributed by atoms with van der Waals surface area (Å²) < 4.78 is 0.985. The van der Waals surface area contributed by atoms with Crippen LogP contribution in [0.25, 0.3) is 0 Å². The number of nitrogens with zero attached hydrogens (tertiary/aromatic N) is 2. The van der Waals surface area contributed by atoms with Crippen LogP contribution in [-0.4, -0.2) is 17.8 Å². The Morgan fingerprint density at radius 2 is 2.60 bits per heavy atom. The number of rotatable bonds is 0. The third-order valence-electron chi connectivity index (χ3n) is 1.37. The smallest absolute Gasteiger partial charge is 0.144 e. The lowest BCUT2D eigenvalue weighted by Gasteiger charge is -2.17. The maximum absolute atomic E-state index is 4.16. The Hall–Kier alpha value is -0.610. The van der Waals surface area contributed by atoms with Crippen LogP contribution < -0.4 is 5.43 Å². The van der Waals surface area contributed by atoms with Crippen LogP contribution in [0, 0.1) is 0 Å². The van der Waals surface area contributed by atoms with Crippen molar-refractivity contribution in [3.05, 3.63) is 22.6 Å². The minimum atomic E-state index is 0.865. The SMILES string of the molecule is BrC1=CN2NCC=C2N=C1. The number of aliphatic imine (C=N–C) groups is 1. The lowest BCUT2D eigenvalue weighted by Crippen LogP contribution is -2.27. The van der Waals surface area contributed by atoms with Gasteiger partial charge in [-0.1, -0.05) is 0 Å². The second-order valence-electron chi connectivity index (χ2n) is 2.07. The van der Waals surface area contributed by atoms with E-state index in [1.807, 2.05) is 17.3 Å². The van der Waals surface area contributed by atoms with Crippen molar-refractivity contribution in [3.63, 3.8) is 0 Å². The number of halogens is 1. The Labute approximate surface area is 67.2 Å². The highest BCUT2D eigenvalue weighted by molar-refractivity contribution is 9.12. The molecule has 0 aromatic heterocycles. The van der Waals surface area contributed by atoms with Gasteiger partial charge >= 0.3 is 0 Å². The van der Waals surface area contributed by atoms with Crippen LogP contribution >= 0.6 is 15.9 Å². The zero-order valence-electron chi connectivity index (χ0n) is 5.21. The molecule has 4 heteroatoms. The first-order valence-corrected chi connectivity index (χ1v) is 3.80. The van der Waals surface area contributed by atoms with E-state index in [2.05, 4.69) is 26.3 Å². The highest BCUT2D eigenvalue weighted by atomic mass is 79.9. The van der Waals surface area contributed by atoms with Gasteiger partial charge in [-0.2, -0.15) is 0 Å². The Morgan fingerprint density at radius 3 is 3.50 bits per heavy atom. The molecule has 2 aliphatic rings. The average Bonchev–Trinajstić information content (AvgIpc) is 2.33. The molecule has 52 valence electrons. The van der Waals surface area contributed by atoms with Crippen LogP contribution in [0.4, 0.5) is 0 Å². The fraction of sp³-hybridized carbons (Fsp3) is 0.167. The van der Waals surface area contributed by atoms with Gasteiger partial charge < -0.3 is 0 Å². The maximum Gasteiger partial charge on any atom is 0.144 e. The normalized spacial score (nSPS) is 22.3. The molecule has 0 atom stereocenters. The minimum absolute atomic E-state index is 0.865. The van der Waals surface area contributed by atoms with E-state index in [-0.39, 0.29) is 0 Å². The van der Waals surface area contributed by atoms with Gasteiger partial charge in [0.25, 0.3) is 0 Å². The van der Waals surface area contributed by atoms with Crippen LogP contribution in [0.15, 0.2) is 27.6 Å². The molecule has 0 amide bonds. The van der Waals surface area contributed by atoms with Crippen molar-refractivity contribution in [2.75, 3.05) is 6.54 Å². The summed E-state index contributed by atoms with van der Waals surface area (Å²) in [6.07, 6.45) is 5.77. The number of hydrogen-bond donors (Lipinski definition) is 1. The first kappa shape index (κ1) is 6.12. The molecule has 0 fully saturated rings. The molecule has 1 N–H and O–H groups in total. The predicted octanol–water partition coefficient (Wildman–Crippen LogP) is 0.969. The quantitative estimate of drug-likeness (QED) is 0.630. The minimum Gasteiger partial charge on any atom is -0.266 e. The Morgan fingerprint density at radius 1 is 1.70 bits per heavy atom. The van der Waals surface area contributed by atoms with E-state index < -0.39 is 0 Å². The molecule has 0 bridgehead atoms. The molecule has 0 aliphatic carbocycles. The van der Waals surface area contributed by atoms with Gasteiger partial charge in [-0.3, -0.25) is 5.01 Å². The van der Waals surface area contributed by atoms with Crippen LogP contribution in [0.2, 0.25) is 0 Å². The van der Waals surface area contributed by atoms with Gasteiger partial charge in [-0.05, 0) is 22.0 Å².